The van der Waals surface area contributed by atoms with Crippen LogP contribution in [0.4, 0.5) is 13.2 Å². The summed E-state index contributed by atoms with van der Waals surface area (Å²) >= 11 is 4.75. The first-order valence-electron chi connectivity index (χ1n) is 6.32. The number of halogens is 3. The van der Waals surface area contributed by atoms with E-state index in [2.05, 4.69) is 9.97 Å². The van der Waals surface area contributed by atoms with Gasteiger partial charge in [0.2, 0.25) is 0 Å². The molecule has 0 radical (unpaired) electrons. The van der Waals surface area contributed by atoms with Gasteiger partial charge in [-0.2, -0.15) is 13.2 Å². The first kappa shape index (κ1) is 15.5. The number of aromatic amines is 1. The second kappa shape index (κ2) is 6.26. The quantitative estimate of drug-likeness (QED) is 0.837. The van der Waals surface area contributed by atoms with Crippen LogP contribution in [0, 0.1) is 4.77 Å². The number of hydrogen-bond acceptors (Lipinski definition) is 3. The van der Waals surface area contributed by atoms with Crippen molar-refractivity contribution < 1.29 is 17.9 Å². The zero-order valence-corrected chi connectivity index (χ0v) is 12.0. The van der Waals surface area contributed by atoms with Crippen molar-refractivity contribution in [1.29, 1.82) is 0 Å². The number of nitrogens with one attached hydrogen (secondary N) is 1. The molecule has 0 aliphatic heterocycles. The van der Waals surface area contributed by atoms with Crippen molar-refractivity contribution in [2.45, 2.75) is 19.5 Å². The Bertz CT molecular complexity index is 665. The van der Waals surface area contributed by atoms with Crippen molar-refractivity contribution >= 4 is 12.2 Å². The second-order valence-electron chi connectivity index (χ2n) is 4.36. The summed E-state index contributed by atoms with van der Waals surface area (Å²) in [7, 11) is 0. The van der Waals surface area contributed by atoms with Crippen molar-refractivity contribution in [3.8, 4) is 17.0 Å². The molecule has 1 aromatic carbocycles. The van der Waals surface area contributed by atoms with Gasteiger partial charge in [-0.3, -0.25) is 0 Å². The van der Waals surface area contributed by atoms with E-state index in [1.54, 1.807) is 24.3 Å². The minimum Gasteiger partial charge on any atom is -0.494 e. The highest BCUT2D eigenvalue weighted by Crippen LogP contribution is 2.30. The number of H-pyrrole nitrogens is 1. The number of nitrogens with zero attached hydrogens (tertiary/aromatic N) is 1. The minimum atomic E-state index is -4.49. The number of alkyl halides is 3. The third-order valence-corrected chi connectivity index (χ3v) is 2.87. The fourth-order valence-corrected chi connectivity index (χ4v) is 1.91. The minimum absolute atomic E-state index is 0.174. The maximum atomic E-state index is 12.7. The Labute approximate surface area is 124 Å². The molecule has 0 atom stereocenters. The normalized spacial score (nSPS) is 11.4. The van der Waals surface area contributed by atoms with E-state index in [4.69, 9.17) is 17.0 Å². The average Bonchev–Trinajstić information content (AvgIpc) is 2.44. The molecule has 0 spiro atoms. The maximum absolute atomic E-state index is 12.7. The van der Waals surface area contributed by atoms with E-state index in [9.17, 15) is 13.2 Å². The molecule has 1 N–H and O–H groups in total. The van der Waals surface area contributed by atoms with Crippen molar-refractivity contribution in [1.82, 2.24) is 9.97 Å². The van der Waals surface area contributed by atoms with Gasteiger partial charge in [-0.25, -0.2) is 4.98 Å². The molecule has 0 aliphatic rings. The molecule has 2 rings (SSSR count). The fourth-order valence-electron chi connectivity index (χ4n) is 1.70. The van der Waals surface area contributed by atoms with Crippen molar-refractivity contribution in [2.24, 2.45) is 0 Å². The van der Waals surface area contributed by atoms with Gasteiger partial charge in [-0.1, -0.05) is 6.92 Å². The molecule has 1 aromatic heterocycles. The van der Waals surface area contributed by atoms with Crippen LogP contribution in [0.3, 0.4) is 0 Å². The predicted molar refractivity (Wildman–Crippen MR) is 75.6 cm³/mol. The lowest BCUT2D eigenvalue weighted by atomic mass is 10.1. The lowest BCUT2D eigenvalue weighted by Gasteiger charge is -2.09. The highest BCUT2D eigenvalue weighted by molar-refractivity contribution is 7.71. The summed E-state index contributed by atoms with van der Waals surface area (Å²) in [5.41, 5.74) is -0.193. The number of ether oxygens (including phenoxy) is 1. The van der Waals surface area contributed by atoms with E-state index in [1.165, 1.54) is 0 Å². The van der Waals surface area contributed by atoms with E-state index in [1.807, 2.05) is 6.92 Å². The van der Waals surface area contributed by atoms with E-state index in [0.717, 1.165) is 12.5 Å². The van der Waals surface area contributed by atoms with Gasteiger partial charge in [0.25, 0.3) is 0 Å². The molecule has 0 bridgehead atoms. The Kier molecular flexibility index (Phi) is 4.62. The Balaban J connectivity index is 2.33. The lowest BCUT2D eigenvalue weighted by Crippen LogP contribution is -2.09. The van der Waals surface area contributed by atoms with Crippen LogP contribution in [0.5, 0.6) is 5.75 Å². The monoisotopic (exact) mass is 314 g/mol. The summed E-state index contributed by atoms with van der Waals surface area (Å²) in [6, 6.07) is 7.64. The van der Waals surface area contributed by atoms with Crippen LogP contribution in [-0.4, -0.2) is 16.6 Å². The van der Waals surface area contributed by atoms with Crippen LogP contribution in [0.25, 0.3) is 11.3 Å². The molecular formula is C14H13F3N2OS. The van der Waals surface area contributed by atoms with Crippen LogP contribution < -0.4 is 4.74 Å². The molecule has 0 amide bonds. The first-order chi connectivity index (χ1) is 9.90. The smallest absolute Gasteiger partial charge is 0.431 e. The Morgan fingerprint density at radius 2 is 1.90 bits per heavy atom. The average molecular weight is 314 g/mol. The summed E-state index contributed by atoms with van der Waals surface area (Å²) in [5, 5.41) is 0. The van der Waals surface area contributed by atoms with Gasteiger partial charge in [0.15, 0.2) is 4.77 Å². The lowest BCUT2D eigenvalue weighted by molar-refractivity contribution is -0.141. The maximum Gasteiger partial charge on any atom is 0.431 e. The SMILES string of the molecule is CCCOc1ccc(-c2cc(C(F)(F)F)[nH]c(=S)n2)cc1. The van der Waals surface area contributed by atoms with Gasteiger partial charge in [-0.05, 0) is 49.0 Å². The third-order valence-electron chi connectivity index (χ3n) is 2.67. The molecule has 0 unspecified atom stereocenters. The fraction of sp³-hybridized carbons (Fsp3) is 0.286. The summed E-state index contributed by atoms with van der Waals surface area (Å²) in [6.07, 6.45) is -3.61. The molecule has 7 heteroatoms. The molecule has 0 aliphatic carbocycles. The van der Waals surface area contributed by atoms with Gasteiger partial charge in [0, 0.05) is 5.56 Å². The summed E-state index contributed by atoms with van der Waals surface area (Å²) in [4.78, 5) is 5.98. The standard InChI is InChI=1S/C14H13F3N2OS/c1-2-7-20-10-5-3-9(4-6-10)11-8-12(14(15,16)17)19-13(21)18-11/h3-6,8H,2,7H2,1H3,(H,18,19,21). The van der Waals surface area contributed by atoms with Crippen molar-refractivity contribution in [3.63, 3.8) is 0 Å². The molecular weight excluding hydrogens is 301 g/mol. The molecule has 2 aromatic rings. The predicted octanol–water partition coefficient (Wildman–Crippen LogP) is 4.61. The van der Waals surface area contributed by atoms with Crippen LogP contribution in [0.2, 0.25) is 0 Å². The third kappa shape index (κ3) is 4.04. The summed E-state index contributed by atoms with van der Waals surface area (Å²) < 4.78 is 43.4. The first-order valence-corrected chi connectivity index (χ1v) is 6.73. The van der Waals surface area contributed by atoms with Crippen LogP contribution in [0.1, 0.15) is 19.0 Å². The summed E-state index contributed by atoms with van der Waals surface area (Å²) in [6.45, 7) is 2.58. The zero-order chi connectivity index (χ0) is 15.5. The zero-order valence-electron chi connectivity index (χ0n) is 11.2. The van der Waals surface area contributed by atoms with Gasteiger partial charge in [0.1, 0.15) is 11.4 Å². The molecule has 3 nitrogen and oxygen atoms in total. The van der Waals surface area contributed by atoms with E-state index >= 15 is 0 Å². The Morgan fingerprint density at radius 1 is 1.24 bits per heavy atom. The summed E-state index contributed by atoms with van der Waals surface area (Å²) in [5.74, 6) is 0.665. The molecule has 0 saturated carbocycles. The molecule has 0 saturated heterocycles. The van der Waals surface area contributed by atoms with E-state index < -0.39 is 11.9 Å². The second-order valence-corrected chi connectivity index (χ2v) is 4.74. The topological polar surface area (TPSA) is 37.9 Å². The van der Waals surface area contributed by atoms with Crippen LogP contribution in [-0.2, 0) is 6.18 Å². The highest BCUT2D eigenvalue weighted by atomic mass is 32.1. The Morgan fingerprint density at radius 3 is 2.48 bits per heavy atom. The molecule has 21 heavy (non-hydrogen) atoms. The number of rotatable bonds is 4. The largest absolute Gasteiger partial charge is 0.494 e. The number of aromatic nitrogens is 2. The Hall–Kier alpha value is -1.89. The van der Waals surface area contributed by atoms with Crippen LogP contribution in [0.15, 0.2) is 30.3 Å². The molecule has 112 valence electrons. The van der Waals surface area contributed by atoms with E-state index in [-0.39, 0.29) is 10.5 Å². The van der Waals surface area contributed by atoms with E-state index in [0.29, 0.717) is 17.9 Å². The van der Waals surface area contributed by atoms with Gasteiger partial charge in [0.05, 0.1) is 12.3 Å². The number of hydrogen-bond donors (Lipinski definition) is 1. The van der Waals surface area contributed by atoms with Crippen LogP contribution >= 0.6 is 12.2 Å². The highest BCUT2D eigenvalue weighted by Gasteiger charge is 2.32. The van der Waals surface area contributed by atoms with Gasteiger partial charge in [-0.15, -0.1) is 0 Å². The van der Waals surface area contributed by atoms with Crippen molar-refractivity contribution in [2.75, 3.05) is 6.61 Å². The molecule has 0 fully saturated rings. The van der Waals surface area contributed by atoms with Gasteiger partial charge < -0.3 is 9.72 Å². The number of benzene rings is 1. The van der Waals surface area contributed by atoms with Gasteiger partial charge >= 0.3 is 6.18 Å². The van der Waals surface area contributed by atoms with Crippen molar-refractivity contribution in [3.05, 3.63) is 40.8 Å². The molecule has 1 heterocycles.